The van der Waals surface area contributed by atoms with Crippen LogP contribution in [-0.4, -0.2) is 82.1 Å². The lowest BCUT2D eigenvalue weighted by Gasteiger charge is -2.25. The molecule has 0 saturated heterocycles. The van der Waals surface area contributed by atoms with E-state index < -0.39 is 60.4 Å². The number of amides is 4. The van der Waals surface area contributed by atoms with Crippen LogP contribution in [0.15, 0.2) is 30.5 Å². The molecule has 0 spiro atoms. The highest BCUT2D eigenvalue weighted by molar-refractivity contribution is 5.95. The number of hydrogen-bond acceptors (Lipinski definition) is 8. The molecule has 1 aromatic heterocycles. The summed E-state index contributed by atoms with van der Waals surface area (Å²) in [6.45, 7) is -0.293. The van der Waals surface area contributed by atoms with Crippen molar-refractivity contribution in [1.29, 1.82) is 0 Å². The number of fused-ring (bicyclic) bond motifs is 1. The minimum atomic E-state index is -1.32. The summed E-state index contributed by atoms with van der Waals surface area (Å²) in [6, 6.07) is 2.24. The number of hydrogen-bond donors (Lipinski definition) is 9. The van der Waals surface area contributed by atoms with Gasteiger partial charge in [0, 0.05) is 29.9 Å². The summed E-state index contributed by atoms with van der Waals surface area (Å²) >= 11 is 0. The van der Waals surface area contributed by atoms with Gasteiger partial charge in [-0.05, 0) is 43.9 Å². The molecular weight excluding hydrogens is 510 g/mol. The van der Waals surface area contributed by atoms with Gasteiger partial charge in [-0.25, -0.2) is 4.79 Å². The number of unbranched alkanes of at least 4 members (excludes halogenated alkanes) is 1. The highest BCUT2D eigenvalue weighted by atomic mass is 16.4. The van der Waals surface area contributed by atoms with Crippen LogP contribution in [0.5, 0.6) is 0 Å². The van der Waals surface area contributed by atoms with E-state index in [1.54, 1.807) is 6.20 Å². The minimum Gasteiger partial charge on any atom is -0.480 e. The van der Waals surface area contributed by atoms with Gasteiger partial charge < -0.3 is 48.3 Å². The average Bonchev–Trinajstić information content (AvgIpc) is 3.31. The Hall–Kier alpha value is -4.01. The molecule has 2 aromatic rings. The first-order chi connectivity index (χ1) is 18.6. The van der Waals surface area contributed by atoms with Gasteiger partial charge in [0.2, 0.25) is 23.6 Å². The van der Waals surface area contributed by atoms with Crippen molar-refractivity contribution in [3.8, 4) is 0 Å². The maximum atomic E-state index is 13.4. The third-order valence-electron chi connectivity index (χ3n) is 6.14. The number of nitrogens with one attached hydrogen (secondary N) is 4. The van der Waals surface area contributed by atoms with Crippen LogP contribution in [0.1, 0.15) is 37.7 Å². The molecule has 12 N–H and O–H groups in total. The molecule has 1 aromatic carbocycles. The summed E-state index contributed by atoms with van der Waals surface area (Å²) < 4.78 is 0. The number of carbonyl (C=O) groups is 5. The van der Waals surface area contributed by atoms with Gasteiger partial charge in [-0.1, -0.05) is 18.2 Å². The van der Waals surface area contributed by atoms with Crippen LogP contribution < -0.4 is 33.2 Å². The van der Waals surface area contributed by atoms with Crippen LogP contribution in [0.4, 0.5) is 0 Å². The number of H-pyrrole nitrogens is 1. The first-order valence-electron chi connectivity index (χ1n) is 12.6. The molecule has 4 unspecified atom stereocenters. The predicted octanol–water partition coefficient (Wildman–Crippen LogP) is -2.04. The van der Waals surface area contributed by atoms with E-state index in [-0.39, 0.29) is 25.7 Å². The molecule has 1 heterocycles. The maximum absolute atomic E-state index is 13.4. The lowest BCUT2D eigenvalue weighted by Crippen LogP contribution is -2.58. The molecule has 214 valence electrons. The van der Waals surface area contributed by atoms with Crippen molar-refractivity contribution in [2.75, 3.05) is 13.2 Å². The molecule has 0 aliphatic carbocycles. The van der Waals surface area contributed by atoms with Crippen molar-refractivity contribution in [2.45, 2.75) is 62.7 Å². The van der Waals surface area contributed by atoms with Crippen molar-refractivity contribution >= 4 is 40.5 Å². The lowest BCUT2D eigenvalue weighted by atomic mass is 10.0. The SMILES string of the molecule is NCCCCC(NC(=O)C(CCC(N)=O)NC(=O)C(Cc1c[nH]c2ccccc12)NC(=O)C(N)CO)C(=O)O. The average molecular weight is 548 g/mol. The van der Waals surface area contributed by atoms with E-state index in [9.17, 15) is 34.2 Å². The highest BCUT2D eigenvalue weighted by Gasteiger charge is 2.31. The van der Waals surface area contributed by atoms with Crippen LogP contribution in [0.2, 0.25) is 0 Å². The zero-order valence-electron chi connectivity index (χ0n) is 21.5. The van der Waals surface area contributed by atoms with E-state index in [1.165, 1.54) is 0 Å². The second-order valence-corrected chi connectivity index (χ2v) is 9.16. The largest absolute Gasteiger partial charge is 0.480 e. The number of aliphatic hydroxyl groups is 1. The molecule has 4 amide bonds. The van der Waals surface area contributed by atoms with Gasteiger partial charge in [0.1, 0.15) is 24.2 Å². The monoisotopic (exact) mass is 547 g/mol. The third kappa shape index (κ3) is 9.67. The summed E-state index contributed by atoms with van der Waals surface area (Å²) in [5, 5.41) is 27.0. The van der Waals surface area contributed by atoms with Gasteiger partial charge >= 0.3 is 5.97 Å². The topological polar surface area (TPSA) is 256 Å². The number of primary amides is 1. The zero-order chi connectivity index (χ0) is 28.9. The number of nitrogens with two attached hydrogens (primary N) is 3. The van der Waals surface area contributed by atoms with Gasteiger partial charge in [0.25, 0.3) is 0 Å². The van der Waals surface area contributed by atoms with Gasteiger partial charge in [-0.2, -0.15) is 0 Å². The second-order valence-electron chi connectivity index (χ2n) is 9.16. The Morgan fingerprint density at radius 2 is 1.54 bits per heavy atom. The Labute approximate surface area is 225 Å². The molecule has 0 aliphatic rings. The van der Waals surface area contributed by atoms with E-state index in [0.717, 1.165) is 10.9 Å². The fourth-order valence-electron chi connectivity index (χ4n) is 3.94. The Morgan fingerprint density at radius 1 is 0.897 bits per heavy atom. The molecule has 0 fully saturated rings. The number of rotatable bonds is 17. The highest BCUT2D eigenvalue weighted by Crippen LogP contribution is 2.19. The summed E-state index contributed by atoms with van der Waals surface area (Å²) in [4.78, 5) is 65.0. The van der Waals surface area contributed by atoms with Gasteiger partial charge in [0.15, 0.2) is 0 Å². The lowest BCUT2D eigenvalue weighted by molar-refractivity contribution is -0.142. The zero-order valence-corrected chi connectivity index (χ0v) is 21.5. The molecule has 0 radical (unpaired) electrons. The van der Waals surface area contributed by atoms with Crippen LogP contribution in [0.25, 0.3) is 10.9 Å². The first kappa shape index (κ1) is 31.2. The number of carbonyl (C=O) groups excluding carboxylic acids is 4. The number of aromatic amines is 1. The van der Waals surface area contributed by atoms with Crippen molar-refractivity contribution < 1.29 is 34.2 Å². The van der Waals surface area contributed by atoms with Crippen molar-refractivity contribution in [2.24, 2.45) is 17.2 Å². The predicted molar refractivity (Wildman–Crippen MR) is 142 cm³/mol. The number of carboxylic acid groups (broad SMARTS) is 1. The number of aliphatic hydroxyl groups excluding tert-OH is 1. The fourth-order valence-corrected chi connectivity index (χ4v) is 3.94. The molecule has 14 nitrogen and oxygen atoms in total. The summed E-state index contributed by atoms with van der Waals surface area (Å²) in [6.07, 6.45) is 2.35. The molecule has 0 bridgehead atoms. The van der Waals surface area contributed by atoms with E-state index in [4.69, 9.17) is 17.2 Å². The number of aromatic nitrogens is 1. The normalized spacial score (nSPS) is 14.1. The summed E-state index contributed by atoms with van der Waals surface area (Å²) in [7, 11) is 0. The molecule has 2 rings (SSSR count). The standard InChI is InChI=1S/C25H37N7O7/c26-10-4-3-7-19(25(38)39)31-23(36)18(8-9-21(28)34)30-24(37)20(32-22(35)16(27)13-33)11-14-12-29-17-6-2-1-5-15(14)17/h1-2,5-6,12,16,18-20,29,33H,3-4,7-11,13,26-27H2,(H2,28,34)(H,30,37)(H,31,36)(H,32,35)(H,38,39). The maximum Gasteiger partial charge on any atom is 0.326 e. The molecule has 39 heavy (non-hydrogen) atoms. The molecule has 0 saturated carbocycles. The Morgan fingerprint density at radius 3 is 2.18 bits per heavy atom. The quantitative estimate of drug-likeness (QED) is 0.0987. The number of carboxylic acids is 1. The van der Waals surface area contributed by atoms with Crippen molar-refractivity contribution in [3.05, 3.63) is 36.0 Å². The number of aliphatic carboxylic acids is 1. The minimum absolute atomic E-state index is 0.000728. The van der Waals surface area contributed by atoms with Crippen LogP contribution in [-0.2, 0) is 30.4 Å². The van der Waals surface area contributed by atoms with Crippen LogP contribution in [0.3, 0.4) is 0 Å². The van der Waals surface area contributed by atoms with Gasteiger partial charge in [-0.15, -0.1) is 0 Å². The fraction of sp³-hybridized carbons (Fsp3) is 0.480. The van der Waals surface area contributed by atoms with Crippen LogP contribution in [0, 0.1) is 0 Å². The smallest absolute Gasteiger partial charge is 0.326 e. The summed E-state index contributed by atoms with van der Waals surface area (Å²) in [5.41, 5.74) is 17.8. The number of para-hydroxylation sites is 1. The molecule has 14 heteroatoms. The van der Waals surface area contributed by atoms with E-state index in [2.05, 4.69) is 20.9 Å². The Balaban J connectivity index is 2.27. The Bertz CT molecular complexity index is 1150. The molecule has 0 aliphatic heterocycles. The van der Waals surface area contributed by atoms with Crippen LogP contribution >= 0.6 is 0 Å². The number of benzene rings is 1. The molecule has 4 atom stereocenters. The van der Waals surface area contributed by atoms with Gasteiger partial charge in [-0.3, -0.25) is 19.2 Å². The molecular formula is C25H37N7O7. The second kappa shape index (κ2) is 15.4. The summed E-state index contributed by atoms with van der Waals surface area (Å²) in [5.74, 6) is -4.38. The third-order valence-corrected chi connectivity index (χ3v) is 6.14. The Kier molecular flexibility index (Phi) is 12.3. The van der Waals surface area contributed by atoms with E-state index >= 15 is 0 Å². The first-order valence-corrected chi connectivity index (χ1v) is 12.6. The van der Waals surface area contributed by atoms with Gasteiger partial charge in [0.05, 0.1) is 6.61 Å². The van der Waals surface area contributed by atoms with E-state index in [0.29, 0.717) is 24.9 Å². The van der Waals surface area contributed by atoms with E-state index in [1.807, 2.05) is 24.3 Å². The van der Waals surface area contributed by atoms with Crippen molar-refractivity contribution in [3.63, 3.8) is 0 Å². The van der Waals surface area contributed by atoms with Crippen molar-refractivity contribution in [1.82, 2.24) is 20.9 Å².